The molecule has 1 aromatic heterocycles. The lowest BCUT2D eigenvalue weighted by Crippen LogP contribution is -2.54. The molecule has 1 fully saturated rings. The predicted molar refractivity (Wildman–Crippen MR) is 145 cm³/mol. The Morgan fingerprint density at radius 1 is 1.00 bits per heavy atom. The number of para-hydroxylation sites is 1. The Labute approximate surface area is 230 Å². The summed E-state index contributed by atoms with van der Waals surface area (Å²) in [5.41, 5.74) is 0.318. The first-order chi connectivity index (χ1) is 18.8. The average molecular weight is 540 g/mol. The van der Waals surface area contributed by atoms with Gasteiger partial charge in [0.05, 0.1) is 5.56 Å². The molecule has 2 aliphatic heterocycles. The Balaban J connectivity index is 1.58. The van der Waals surface area contributed by atoms with Gasteiger partial charge in [-0.25, -0.2) is 0 Å². The fraction of sp³-hybridized carbons (Fsp3) is 0.621. The van der Waals surface area contributed by atoms with Crippen LogP contribution in [0.2, 0.25) is 0 Å². The number of carbonyl (C=O) groups is 3. The molecule has 0 saturated carbocycles. The van der Waals surface area contributed by atoms with Gasteiger partial charge in [0.1, 0.15) is 17.8 Å². The van der Waals surface area contributed by atoms with Gasteiger partial charge in [-0.3, -0.25) is 14.4 Å². The summed E-state index contributed by atoms with van der Waals surface area (Å²) in [5.74, 6) is 0.891. The minimum absolute atomic E-state index is 0.0245. The largest absolute Gasteiger partial charge is 0.485 e. The van der Waals surface area contributed by atoms with Crippen LogP contribution in [0, 0.1) is 5.92 Å². The van der Waals surface area contributed by atoms with Gasteiger partial charge in [0, 0.05) is 26.6 Å². The van der Waals surface area contributed by atoms with Crippen molar-refractivity contribution in [2.75, 3.05) is 20.1 Å². The number of carbonyl (C=O) groups excluding carboxylic acids is 3. The molecule has 10 nitrogen and oxygen atoms in total. The number of hydrogen-bond acceptors (Lipinski definition) is 7. The number of fused-ring (bicyclic) bond motifs is 4. The van der Waals surface area contributed by atoms with E-state index in [4.69, 9.17) is 9.26 Å². The lowest BCUT2D eigenvalue weighted by Gasteiger charge is -2.31. The van der Waals surface area contributed by atoms with Crippen molar-refractivity contribution in [1.82, 2.24) is 25.3 Å². The van der Waals surface area contributed by atoms with E-state index in [0.29, 0.717) is 55.4 Å². The number of rotatable bonds is 2. The molecule has 10 heteroatoms. The van der Waals surface area contributed by atoms with Crippen LogP contribution in [0.3, 0.4) is 0 Å². The molecule has 0 aliphatic carbocycles. The minimum Gasteiger partial charge on any atom is -0.485 e. The number of benzene rings is 1. The number of aromatic nitrogens is 2. The predicted octanol–water partition coefficient (Wildman–Crippen LogP) is 3.75. The molecule has 212 valence electrons. The molecule has 1 saturated heterocycles. The molecule has 1 aromatic carbocycles. The second kappa shape index (κ2) is 13.6. The van der Waals surface area contributed by atoms with Crippen LogP contribution in [0.25, 0.3) is 0 Å². The second-order valence-electron chi connectivity index (χ2n) is 11.0. The van der Waals surface area contributed by atoms with Crippen molar-refractivity contribution in [2.45, 2.75) is 90.3 Å². The summed E-state index contributed by atoms with van der Waals surface area (Å²) in [6.45, 7) is 5.26. The maximum absolute atomic E-state index is 13.8. The highest BCUT2D eigenvalue weighted by molar-refractivity contribution is 6.00. The zero-order chi connectivity index (χ0) is 27.8. The molecule has 0 radical (unpaired) electrons. The summed E-state index contributed by atoms with van der Waals surface area (Å²) in [7, 11) is 1.82. The van der Waals surface area contributed by atoms with E-state index in [-0.39, 0.29) is 24.3 Å². The van der Waals surface area contributed by atoms with Crippen LogP contribution >= 0.6 is 0 Å². The molecule has 2 aromatic rings. The van der Waals surface area contributed by atoms with Crippen molar-refractivity contribution < 1.29 is 23.6 Å². The summed E-state index contributed by atoms with van der Waals surface area (Å²) >= 11 is 0. The minimum atomic E-state index is -0.748. The van der Waals surface area contributed by atoms with Crippen LogP contribution in [0.1, 0.15) is 87.3 Å². The third kappa shape index (κ3) is 7.58. The molecule has 2 unspecified atom stereocenters. The van der Waals surface area contributed by atoms with Crippen molar-refractivity contribution in [3.05, 3.63) is 41.5 Å². The summed E-state index contributed by atoms with van der Waals surface area (Å²) in [6.07, 6.45) is 7.56. The van der Waals surface area contributed by atoms with Crippen molar-refractivity contribution in [3.8, 4) is 5.75 Å². The first-order valence-electron chi connectivity index (χ1n) is 14.2. The van der Waals surface area contributed by atoms with E-state index in [0.717, 1.165) is 38.5 Å². The highest BCUT2D eigenvalue weighted by atomic mass is 16.5. The molecule has 4 rings (SSSR count). The summed E-state index contributed by atoms with van der Waals surface area (Å²) in [6, 6.07) is 5.67. The van der Waals surface area contributed by atoms with Gasteiger partial charge < -0.3 is 24.4 Å². The van der Waals surface area contributed by atoms with Gasteiger partial charge in [-0.2, -0.15) is 4.98 Å². The second-order valence-corrected chi connectivity index (χ2v) is 11.0. The third-order valence-electron chi connectivity index (χ3n) is 7.39. The highest BCUT2D eigenvalue weighted by Crippen LogP contribution is 2.24. The monoisotopic (exact) mass is 539 g/mol. The first-order valence-corrected chi connectivity index (χ1v) is 14.2. The van der Waals surface area contributed by atoms with Crippen molar-refractivity contribution >= 4 is 17.7 Å². The van der Waals surface area contributed by atoms with E-state index in [1.165, 1.54) is 0 Å². The van der Waals surface area contributed by atoms with Crippen LogP contribution in [0.5, 0.6) is 5.75 Å². The van der Waals surface area contributed by atoms with Gasteiger partial charge in [-0.15, -0.1) is 0 Å². The summed E-state index contributed by atoms with van der Waals surface area (Å²) in [5, 5.41) is 6.96. The molecule has 2 atom stereocenters. The molecule has 0 spiro atoms. The molecule has 2 aliphatic rings. The van der Waals surface area contributed by atoms with Gasteiger partial charge in [0.25, 0.3) is 5.91 Å². The number of nitrogens with one attached hydrogen (secondary N) is 1. The van der Waals surface area contributed by atoms with Gasteiger partial charge in [-0.05, 0) is 50.2 Å². The summed E-state index contributed by atoms with van der Waals surface area (Å²) < 4.78 is 11.3. The lowest BCUT2D eigenvalue weighted by atomic mass is 10.0. The number of aryl methyl sites for hydroxylation is 1. The van der Waals surface area contributed by atoms with Gasteiger partial charge >= 0.3 is 0 Å². The van der Waals surface area contributed by atoms with Gasteiger partial charge in [0.2, 0.25) is 23.5 Å². The van der Waals surface area contributed by atoms with Crippen LogP contribution in [-0.2, 0) is 22.6 Å². The Kier molecular flexibility index (Phi) is 9.95. The highest BCUT2D eigenvalue weighted by Gasteiger charge is 2.39. The molecule has 1 N–H and O–H groups in total. The quantitative estimate of drug-likeness (QED) is 0.618. The number of likely N-dealkylation sites (N-methyl/N-ethyl adjacent to an activating group) is 1. The number of ether oxygens (including phenoxy) is 1. The van der Waals surface area contributed by atoms with Crippen molar-refractivity contribution in [3.63, 3.8) is 0 Å². The number of hydrogen-bond donors (Lipinski definition) is 1. The lowest BCUT2D eigenvalue weighted by molar-refractivity contribution is -0.144. The normalized spacial score (nSPS) is 22.4. The van der Waals surface area contributed by atoms with E-state index >= 15 is 0 Å². The average Bonchev–Trinajstić information content (AvgIpc) is 3.59. The molecule has 3 amide bonds. The fourth-order valence-electron chi connectivity index (χ4n) is 5.31. The summed E-state index contributed by atoms with van der Waals surface area (Å²) in [4.78, 5) is 48.4. The molecular formula is C29H41N5O5. The van der Waals surface area contributed by atoms with E-state index < -0.39 is 18.0 Å². The maximum atomic E-state index is 13.8. The van der Waals surface area contributed by atoms with E-state index in [1.54, 1.807) is 34.1 Å². The van der Waals surface area contributed by atoms with Crippen molar-refractivity contribution in [1.29, 1.82) is 0 Å². The zero-order valence-electron chi connectivity index (χ0n) is 23.4. The number of amides is 3. The molecular weight excluding hydrogens is 498 g/mol. The maximum Gasteiger partial charge on any atom is 0.255 e. The molecule has 2 bridgehead atoms. The molecule has 39 heavy (non-hydrogen) atoms. The SMILES string of the molecule is CC(C)CC1NC(=O)c2ccccc2OCc2noc(n2)CCCCCCCN(C)C(=O)C2CCCN2C1=O. The number of nitrogens with zero attached hydrogens (tertiary/aromatic N) is 4. The first kappa shape index (κ1) is 28.6. The van der Waals surface area contributed by atoms with Gasteiger partial charge in [0.15, 0.2) is 6.61 Å². The van der Waals surface area contributed by atoms with Crippen LogP contribution in [-0.4, -0.2) is 69.9 Å². The van der Waals surface area contributed by atoms with E-state index in [2.05, 4.69) is 15.5 Å². The topological polar surface area (TPSA) is 118 Å². The van der Waals surface area contributed by atoms with Crippen molar-refractivity contribution in [2.24, 2.45) is 5.92 Å². The Hall–Kier alpha value is -3.43. The van der Waals surface area contributed by atoms with E-state index in [1.807, 2.05) is 20.9 Å². The fourth-order valence-corrected chi connectivity index (χ4v) is 5.31. The van der Waals surface area contributed by atoms with Gasteiger partial charge in [-0.1, -0.05) is 50.4 Å². The Morgan fingerprint density at radius 2 is 1.77 bits per heavy atom. The Morgan fingerprint density at radius 3 is 2.59 bits per heavy atom. The smallest absolute Gasteiger partial charge is 0.255 e. The van der Waals surface area contributed by atoms with E-state index in [9.17, 15) is 14.4 Å². The third-order valence-corrected chi connectivity index (χ3v) is 7.39. The van der Waals surface area contributed by atoms with Crippen LogP contribution < -0.4 is 10.1 Å². The van der Waals surface area contributed by atoms with Crippen LogP contribution in [0.4, 0.5) is 0 Å². The Bertz CT molecular complexity index is 1130. The standard InChI is InChI=1S/C29H41N5O5/c1-20(2)18-22-28(36)34-17-11-13-23(34)29(37)33(3)16-10-6-4-5-7-15-26-31-25(32-39-26)19-38-24-14-9-8-12-21(24)27(35)30-22/h8-9,12,14,20,22-23H,4-7,10-11,13,15-19H2,1-3H3,(H,30,35). The zero-order valence-corrected chi connectivity index (χ0v) is 23.4. The van der Waals surface area contributed by atoms with Crippen LogP contribution in [0.15, 0.2) is 28.8 Å². The molecule has 3 heterocycles.